The molecule has 0 spiro atoms. The molecule has 0 aromatic heterocycles. The van der Waals surface area contributed by atoms with E-state index >= 15 is 0 Å². The van der Waals surface area contributed by atoms with Gasteiger partial charge in [-0.1, -0.05) is 31.0 Å². The van der Waals surface area contributed by atoms with Crippen molar-refractivity contribution in [3.8, 4) is 0 Å². The van der Waals surface area contributed by atoms with Crippen molar-refractivity contribution >= 4 is 11.8 Å². The molecular formula is C15H21NS. The van der Waals surface area contributed by atoms with Crippen LogP contribution in [0.3, 0.4) is 0 Å². The lowest BCUT2D eigenvalue weighted by Gasteiger charge is -2.29. The van der Waals surface area contributed by atoms with E-state index in [-0.39, 0.29) is 0 Å². The Morgan fingerprint density at radius 1 is 1.29 bits per heavy atom. The summed E-state index contributed by atoms with van der Waals surface area (Å²) in [7, 11) is 0. The summed E-state index contributed by atoms with van der Waals surface area (Å²) >= 11 is 2.01. The van der Waals surface area contributed by atoms with Gasteiger partial charge in [-0.3, -0.25) is 0 Å². The van der Waals surface area contributed by atoms with Crippen LogP contribution >= 0.6 is 11.8 Å². The van der Waals surface area contributed by atoms with E-state index in [2.05, 4.69) is 36.5 Å². The molecule has 0 radical (unpaired) electrons. The van der Waals surface area contributed by atoms with E-state index in [1.165, 1.54) is 41.9 Å². The van der Waals surface area contributed by atoms with Gasteiger partial charge in [0.15, 0.2) is 0 Å². The number of thioether (sulfide) groups is 1. The van der Waals surface area contributed by atoms with Crippen LogP contribution in [0.5, 0.6) is 0 Å². The van der Waals surface area contributed by atoms with Gasteiger partial charge in [0, 0.05) is 17.0 Å². The van der Waals surface area contributed by atoms with Crippen LogP contribution in [0.15, 0.2) is 29.2 Å². The number of nitrogens with one attached hydrogen (secondary N) is 1. The van der Waals surface area contributed by atoms with Crippen LogP contribution in [0.2, 0.25) is 0 Å². The van der Waals surface area contributed by atoms with E-state index in [1.807, 2.05) is 11.8 Å². The third-order valence-corrected chi connectivity index (χ3v) is 4.95. The molecule has 0 bridgehead atoms. The minimum atomic E-state index is 0.584. The number of rotatable bonds is 4. The Morgan fingerprint density at radius 3 is 2.94 bits per heavy atom. The van der Waals surface area contributed by atoms with Crippen molar-refractivity contribution in [1.29, 1.82) is 0 Å². The van der Waals surface area contributed by atoms with Crippen LogP contribution < -0.4 is 5.32 Å². The van der Waals surface area contributed by atoms with Crippen LogP contribution in [0.1, 0.15) is 44.2 Å². The zero-order chi connectivity index (χ0) is 11.7. The summed E-state index contributed by atoms with van der Waals surface area (Å²) < 4.78 is 0. The average molecular weight is 247 g/mol. The maximum Gasteiger partial charge on any atom is 0.0341 e. The van der Waals surface area contributed by atoms with Gasteiger partial charge in [-0.2, -0.15) is 0 Å². The van der Waals surface area contributed by atoms with Crippen molar-refractivity contribution in [2.75, 3.05) is 5.75 Å². The van der Waals surface area contributed by atoms with Gasteiger partial charge in [-0.05, 0) is 43.1 Å². The summed E-state index contributed by atoms with van der Waals surface area (Å²) in [6.45, 7) is 2.35. The van der Waals surface area contributed by atoms with Crippen LogP contribution in [0, 0.1) is 5.92 Å². The number of hydrogen-bond acceptors (Lipinski definition) is 2. The summed E-state index contributed by atoms with van der Waals surface area (Å²) in [5.41, 5.74) is 1.52. The molecule has 2 unspecified atom stereocenters. The monoisotopic (exact) mass is 247 g/mol. The Balaban J connectivity index is 1.67. The molecule has 1 nitrogen and oxygen atoms in total. The maximum atomic E-state index is 3.83. The fourth-order valence-corrected chi connectivity index (χ4v) is 3.91. The van der Waals surface area contributed by atoms with E-state index in [0.717, 1.165) is 5.92 Å². The van der Waals surface area contributed by atoms with Crippen molar-refractivity contribution in [3.05, 3.63) is 29.8 Å². The standard InChI is InChI=1S/C15H21NS/c1-11(10-12-6-7-12)16-14-8-9-17-15-5-3-2-4-13(14)15/h2-5,11-12,14,16H,6-10H2,1H3. The Morgan fingerprint density at radius 2 is 2.12 bits per heavy atom. The lowest BCUT2D eigenvalue weighted by molar-refractivity contribution is 0.409. The molecular weight excluding hydrogens is 226 g/mol. The molecule has 2 heteroatoms. The van der Waals surface area contributed by atoms with E-state index in [0.29, 0.717) is 12.1 Å². The molecule has 1 N–H and O–H groups in total. The third kappa shape index (κ3) is 2.86. The topological polar surface area (TPSA) is 12.0 Å². The molecule has 1 aliphatic carbocycles. The molecule has 1 aromatic carbocycles. The first-order valence-electron chi connectivity index (χ1n) is 6.80. The van der Waals surface area contributed by atoms with E-state index in [1.54, 1.807) is 0 Å². The highest BCUT2D eigenvalue weighted by atomic mass is 32.2. The van der Waals surface area contributed by atoms with Crippen molar-refractivity contribution in [3.63, 3.8) is 0 Å². The highest BCUT2D eigenvalue weighted by molar-refractivity contribution is 7.99. The average Bonchev–Trinajstić information content (AvgIpc) is 3.13. The molecule has 3 rings (SSSR count). The normalized spacial score (nSPS) is 25.4. The quantitative estimate of drug-likeness (QED) is 0.863. The minimum Gasteiger partial charge on any atom is -0.307 e. The molecule has 1 aliphatic heterocycles. The fourth-order valence-electron chi connectivity index (χ4n) is 2.78. The summed E-state index contributed by atoms with van der Waals surface area (Å²) in [6.07, 6.45) is 5.56. The van der Waals surface area contributed by atoms with Gasteiger partial charge < -0.3 is 5.32 Å². The molecule has 1 fully saturated rings. The Labute approximate surface area is 108 Å². The molecule has 17 heavy (non-hydrogen) atoms. The zero-order valence-corrected chi connectivity index (χ0v) is 11.3. The SMILES string of the molecule is CC(CC1CC1)NC1CCSc2ccccc21. The third-order valence-electron chi connectivity index (χ3n) is 3.83. The van der Waals surface area contributed by atoms with Gasteiger partial charge in [0.2, 0.25) is 0 Å². The molecule has 0 saturated heterocycles. The van der Waals surface area contributed by atoms with Gasteiger partial charge in [-0.15, -0.1) is 11.8 Å². The second kappa shape index (κ2) is 5.03. The lowest BCUT2D eigenvalue weighted by atomic mass is 10.0. The zero-order valence-electron chi connectivity index (χ0n) is 10.5. The molecule has 92 valence electrons. The first-order chi connectivity index (χ1) is 8.33. The molecule has 1 aromatic rings. The van der Waals surface area contributed by atoms with Gasteiger partial charge in [0.1, 0.15) is 0 Å². The summed E-state index contributed by atoms with van der Waals surface area (Å²) in [4.78, 5) is 1.48. The van der Waals surface area contributed by atoms with Gasteiger partial charge in [-0.25, -0.2) is 0 Å². The molecule has 0 amide bonds. The van der Waals surface area contributed by atoms with Gasteiger partial charge in [0.05, 0.1) is 0 Å². The molecule has 2 aliphatic rings. The summed E-state index contributed by atoms with van der Waals surface area (Å²) in [5.74, 6) is 2.27. The van der Waals surface area contributed by atoms with Crippen molar-refractivity contribution in [2.45, 2.75) is 49.6 Å². The van der Waals surface area contributed by atoms with E-state index in [9.17, 15) is 0 Å². The largest absolute Gasteiger partial charge is 0.307 e. The smallest absolute Gasteiger partial charge is 0.0341 e. The lowest BCUT2D eigenvalue weighted by Crippen LogP contribution is -2.32. The predicted octanol–water partition coefficient (Wildman–Crippen LogP) is 4.00. The van der Waals surface area contributed by atoms with Crippen LogP contribution in [0.25, 0.3) is 0 Å². The number of hydrogen-bond donors (Lipinski definition) is 1. The predicted molar refractivity (Wildman–Crippen MR) is 74.5 cm³/mol. The Hall–Kier alpha value is -0.470. The second-order valence-electron chi connectivity index (χ2n) is 5.47. The fraction of sp³-hybridized carbons (Fsp3) is 0.600. The highest BCUT2D eigenvalue weighted by Gasteiger charge is 2.26. The van der Waals surface area contributed by atoms with Crippen LogP contribution in [0.4, 0.5) is 0 Å². The Bertz CT molecular complexity index is 386. The van der Waals surface area contributed by atoms with Gasteiger partial charge in [0.25, 0.3) is 0 Å². The molecule has 1 saturated carbocycles. The Kier molecular flexibility index (Phi) is 3.44. The second-order valence-corrected chi connectivity index (χ2v) is 6.61. The van der Waals surface area contributed by atoms with Crippen molar-refractivity contribution < 1.29 is 0 Å². The van der Waals surface area contributed by atoms with Crippen molar-refractivity contribution in [1.82, 2.24) is 5.32 Å². The first kappa shape index (κ1) is 11.6. The van der Waals surface area contributed by atoms with Gasteiger partial charge >= 0.3 is 0 Å². The molecule has 1 heterocycles. The van der Waals surface area contributed by atoms with Crippen molar-refractivity contribution in [2.24, 2.45) is 5.92 Å². The summed E-state index contributed by atoms with van der Waals surface area (Å²) in [5, 5.41) is 3.83. The number of fused-ring (bicyclic) bond motifs is 1. The summed E-state index contributed by atoms with van der Waals surface area (Å²) in [6, 6.07) is 10.1. The van der Waals surface area contributed by atoms with Crippen LogP contribution in [-0.4, -0.2) is 11.8 Å². The van der Waals surface area contributed by atoms with Crippen LogP contribution in [-0.2, 0) is 0 Å². The number of benzene rings is 1. The maximum absolute atomic E-state index is 3.83. The van der Waals surface area contributed by atoms with E-state index < -0.39 is 0 Å². The minimum absolute atomic E-state index is 0.584. The van der Waals surface area contributed by atoms with E-state index in [4.69, 9.17) is 0 Å². The first-order valence-corrected chi connectivity index (χ1v) is 7.79. The highest BCUT2D eigenvalue weighted by Crippen LogP contribution is 2.37. The molecule has 2 atom stereocenters.